The second kappa shape index (κ2) is 7.59. The monoisotopic (exact) mass is 416 g/mol. The summed E-state index contributed by atoms with van der Waals surface area (Å²) in [5, 5.41) is 15.8. The number of aliphatic hydroxyl groups is 1. The van der Waals surface area contributed by atoms with E-state index >= 15 is 0 Å². The molecule has 1 aromatic carbocycles. The summed E-state index contributed by atoms with van der Waals surface area (Å²) in [5.41, 5.74) is 5.35. The lowest BCUT2D eigenvalue weighted by molar-refractivity contribution is 0.0345. The number of benzene rings is 1. The number of aromatic nitrogens is 4. The van der Waals surface area contributed by atoms with E-state index in [2.05, 4.69) is 38.2 Å². The van der Waals surface area contributed by atoms with Gasteiger partial charge in [0.25, 0.3) is 0 Å². The van der Waals surface area contributed by atoms with Gasteiger partial charge in [0.1, 0.15) is 0 Å². The van der Waals surface area contributed by atoms with Crippen molar-refractivity contribution in [2.45, 2.75) is 26.4 Å². The van der Waals surface area contributed by atoms with E-state index in [1.165, 1.54) is 0 Å². The molecule has 1 saturated heterocycles. The molecule has 0 saturated carbocycles. The van der Waals surface area contributed by atoms with Crippen molar-refractivity contribution in [1.82, 2.24) is 24.5 Å². The highest BCUT2D eigenvalue weighted by molar-refractivity contribution is 5.98. The lowest BCUT2D eigenvalue weighted by Crippen LogP contribution is -2.50. The molecule has 7 heteroatoms. The average Bonchev–Trinajstić information content (AvgIpc) is 3.15. The van der Waals surface area contributed by atoms with Crippen molar-refractivity contribution in [3.63, 3.8) is 0 Å². The van der Waals surface area contributed by atoms with Gasteiger partial charge in [0, 0.05) is 49.4 Å². The molecule has 5 rings (SSSR count). The van der Waals surface area contributed by atoms with Gasteiger partial charge in [-0.15, -0.1) is 0 Å². The minimum Gasteiger partial charge on any atom is -0.389 e. The maximum atomic E-state index is 10.1. The van der Waals surface area contributed by atoms with E-state index in [9.17, 15) is 5.11 Å². The Morgan fingerprint density at radius 2 is 1.81 bits per heavy atom. The third-order valence-corrected chi connectivity index (χ3v) is 5.83. The Morgan fingerprint density at radius 1 is 1.03 bits per heavy atom. The molecule has 7 nitrogen and oxygen atoms in total. The van der Waals surface area contributed by atoms with E-state index in [0.29, 0.717) is 6.54 Å². The summed E-state index contributed by atoms with van der Waals surface area (Å²) in [5.74, 6) is 0. The van der Waals surface area contributed by atoms with Crippen molar-refractivity contribution in [3.8, 4) is 11.1 Å². The number of anilines is 1. The zero-order valence-corrected chi connectivity index (χ0v) is 18.3. The SMILES string of the molecule is Cc1cc(-c2cnn3cc(N4CCN(CC(C)(C)O)CC4)cnc23)c2ccccc2n1. The number of β-amino-alcohol motifs (C(OH)–C–C–N with tert-alkyl or cyclic N) is 1. The quantitative estimate of drug-likeness (QED) is 0.551. The summed E-state index contributed by atoms with van der Waals surface area (Å²) in [7, 11) is 0. The van der Waals surface area contributed by atoms with Gasteiger partial charge in [-0.2, -0.15) is 5.10 Å². The molecule has 1 N–H and O–H groups in total. The fourth-order valence-corrected chi connectivity index (χ4v) is 4.46. The minimum absolute atomic E-state index is 0.663. The van der Waals surface area contributed by atoms with Crippen molar-refractivity contribution >= 4 is 22.2 Å². The molecule has 1 fully saturated rings. The van der Waals surface area contributed by atoms with E-state index in [-0.39, 0.29) is 0 Å². The normalized spacial score (nSPS) is 15.8. The first-order valence-electron chi connectivity index (χ1n) is 10.8. The summed E-state index contributed by atoms with van der Waals surface area (Å²) in [6.45, 7) is 10.1. The van der Waals surface area contributed by atoms with E-state index in [1.54, 1.807) is 0 Å². The van der Waals surface area contributed by atoms with E-state index in [4.69, 9.17) is 4.98 Å². The molecule has 0 radical (unpaired) electrons. The van der Waals surface area contributed by atoms with Crippen molar-refractivity contribution in [1.29, 1.82) is 0 Å². The molecule has 0 bridgehead atoms. The number of hydrogen-bond acceptors (Lipinski definition) is 6. The van der Waals surface area contributed by atoms with Crippen LogP contribution in [0.25, 0.3) is 27.7 Å². The number of pyridine rings is 1. The molecule has 4 heterocycles. The Kier molecular flexibility index (Phi) is 4.87. The van der Waals surface area contributed by atoms with Crippen LogP contribution < -0.4 is 4.90 Å². The zero-order valence-electron chi connectivity index (χ0n) is 18.3. The van der Waals surface area contributed by atoms with Crippen LogP contribution in [0.4, 0.5) is 5.69 Å². The third-order valence-electron chi connectivity index (χ3n) is 5.83. The van der Waals surface area contributed by atoms with Crippen molar-refractivity contribution in [2.75, 3.05) is 37.6 Å². The number of hydrogen-bond donors (Lipinski definition) is 1. The van der Waals surface area contributed by atoms with Gasteiger partial charge in [0.05, 0.1) is 35.4 Å². The molecule has 0 spiro atoms. The van der Waals surface area contributed by atoms with E-state index in [0.717, 1.165) is 65.2 Å². The summed E-state index contributed by atoms with van der Waals surface area (Å²) in [6.07, 6.45) is 5.91. The average molecular weight is 417 g/mol. The van der Waals surface area contributed by atoms with Gasteiger partial charge in [-0.1, -0.05) is 18.2 Å². The topological polar surface area (TPSA) is 69.8 Å². The predicted molar refractivity (Wildman–Crippen MR) is 123 cm³/mol. The van der Waals surface area contributed by atoms with E-state index in [1.807, 2.05) is 55.9 Å². The Balaban J connectivity index is 1.43. The highest BCUT2D eigenvalue weighted by Gasteiger charge is 2.23. The maximum absolute atomic E-state index is 10.1. The van der Waals surface area contributed by atoms with Crippen LogP contribution in [0.2, 0.25) is 0 Å². The molecular formula is C24H28N6O. The van der Waals surface area contributed by atoms with Crippen LogP contribution in [0.15, 0.2) is 48.9 Å². The van der Waals surface area contributed by atoms with Gasteiger partial charge in [0.15, 0.2) is 5.65 Å². The fraction of sp³-hybridized carbons (Fsp3) is 0.375. The lowest BCUT2D eigenvalue weighted by atomic mass is 10.0. The molecule has 4 aromatic rings. The summed E-state index contributed by atoms with van der Waals surface area (Å²) in [6, 6.07) is 10.3. The lowest BCUT2D eigenvalue weighted by Gasteiger charge is -2.38. The fourth-order valence-electron chi connectivity index (χ4n) is 4.46. The highest BCUT2D eigenvalue weighted by atomic mass is 16.3. The molecule has 0 atom stereocenters. The molecule has 1 aliphatic rings. The first-order valence-corrected chi connectivity index (χ1v) is 10.8. The first kappa shape index (κ1) is 19.9. The number of para-hydroxylation sites is 1. The van der Waals surface area contributed by atoms with E-state index < -0.39 is 5.60 Å². The summed E-state index contributed by atoms with van der Waals surface area (Å²) >= 11 is 0. The number of fused-ring (bicyclic) bond motifs is 2. The van der Waals surface area contributed by atoms with Crippen LogP contribution in [0.1, 0.15) is 19.5 Å². The van der Waals surface area contributed by atoms with Gasteiger partial charge in [-0.3, -0.25) is 9.88 Å². The Hall–Kier alpha value is -3.03. The zero-order chi connectivity index (χ0) is 21.6. The van der Waals surface area contributed by atoms with Gasteiger partial charge in [0.2, 0.25) is 0 Å². The number of aryl methyl sites for hydroxylation is 1. The largest absolute Gasteiger partial charge is 0.389 e. The van der Waals surface area contributed by atoms with Crippen LogP contribution >= 0.6 is 0 Å². The number of rotatable bonds is 4. The Bertz CT molecular complexity index is 1230. The second-order valence-corrected chi connectivity index (χ2v) is 9.04. The molecule has 0 amide bonds. The molecule has 0 aliphatic carbocycles. The van der Waals surface area contributed by atoms with Gasteiger partial charge < -0.3 is 10.0 Å². The second-order valence-electron chi connectivity index (χ2n) is 9.04. The molecule has 3 aromatic heterocycles. The first-order chi connectivity index (χ1) is 14.9. The smallest absolute Gasteiger partial charge is 0.162 e. The van der Waals surface area contributed by atoms with Crippen LogP contribution in [0.3, 0.4) is 0 Å². The molecule has 31 heavy (non-hydrogen) atoms. The van der Waals surface area contributed by atoms with Crippen molar-refractivity contribution in [3.05, 3.63) is 54.6 Å². The van der Waals surface area contributed by atoms with Crippen LogP contribution in [0, 0.1) is 6.92 Å². The Labute approximate surface area is 182 Å². The summed E-state index contributed by atoms with van der Waals surface area (Å²) < 4.78 is 1.87. The standard InChI is InChI=1S/C24H28N6O/c1-17-12-20(19-6-4-5-7-22(19)27-17)21-14-26-30-15-18(13-25-23(21)30)29-10-8-28(9-11-29)16-24(2,3)31/h4-7,12-15,31H,8-11,16H2,1-3H3. The number of piperazine rings is 1. The highest BCUT2D eigenvalue weighted by Crippen LogP contribution is 2.31. The molecule has 1 aliphatic heterocycles. The van der Waals surface area contributed by atoms with Gasteiger partial charge in [-0.25, -0.2) is 9.50 Å². The number of nitrogens with zero attached hydrogens (tertiary/aromatic N) is 6. The van der Waals surface area contributed by atoms with Crippen LogP contribution in [-0.4, -0.2) is 67.9 Å². The molecule has 160 valence electrons. The summed E-state index contributed by atoms with van der Waals surface area (Å²) in [4.78, 5) is 14.1. The van der Waals surface area contributed by atoms with Crippen LogP contribution in [0.5, 0.6) is 0 Å². The third kappa shape index (κ3) is 3.98. The van der Waals surface area contributed by atoms with Gasteiger partial charge in [-0.05, 0) is 38.5 Å². The Morgan fingerprint density at radius 3 is 2.58 bits per heavy atom. The van der Waals surface area contributed by atoms with Crippen molar-refractivity contribution < 1.29 is 5.11 Å². The van der Waals surface area contributed by atoms with Crippen LogP contribution in [-0.2, 0) is 0 Å². The van der Waals surface area contributed by atoms with Gasteiger partial charge >= 0.3 is 0 Å². The maximum Gasteiger partial charge on any atom is 0.162 e. The van der Waals surface area contributed by atoms with Crippen molar-refractivity contribution in [2.24, 2.45) is 0 Å². The minimum atomic E-state index is -0.663. The predicted octanol–water partition coefficient (Wildman–Crippen LogP) is 3.15. The molecule has 0 unspecified atom stereocenters. The molecular weight excluding hydrogens is 388 g/mol.